The molecule has 0 fully saturated rings. The molecule has 0 bridgehead atoms. The largest absolute Gasteiger partial charge is 1.00 e. The van der Waals surface area contributed by atoms with Gasteiger partial charge in [-0.1, -0.05) is 56.4 Å². The zero-order chi connectivity index (χ0) is 16.1. The molecule has 2 nitrogen and oxygen atoms in total. The van der Waals surface area contributed by atoms with E-state index in [4.69, 9.17) is 0 Å². The fourth-order valence-corrected chi connectivity index (χ4v) is 3.42. The maximum Gasteiger partial charge on any atom is 1.00 e. The third-order valence-corrected chi connectivity index (χ3v) is 4.78. The molecule has 0 aliphatic heterocycles. The van der Waals surface area contributed by atoms with Crippen molar-refractivity contribution < 1.29 is 62.0 Å². The van der Waals surface area contributed by atoms with Crippen LogP contribution >= 0.6 is 0 Å². The zero-order valence-electron chi connectivity index (χ0n) is 15.8. The summed E-state index contributed by atoms with van der Waals surface area (Å²) < 4.78 is 0. The van der Waals surface area contributed by atoms with Gasteiger partial charge in [-0.3, -0.25) is 0 Å². The molecule has 0 saturated heterocycles. The summed E-state index contributed by atoms with van der Waals surface area (Å²) in [6.07, 6.45) is 9.03. The first-order valence-corrected chi connectivity index (χ1v) is 8.57. The van der Waals surface area contributed by atoms with Crippen LogP contribution in [0.4, 0.5) is 0 Å². The molecule has 3 N–H and O–H groups in total. The molecule has 1 aliphatic carbocycles. The quantitative estimate of drug-likeness (QED) is 0.250. The van der Waals surface area contributed by atoms with Crippen LogP contribution in [0.25, 0.3) is 0 Å². The van der Waals surface area contributed by atoms with Gasteiger partial charge in [0, 0.05) is 0 Å². The van der Waals surface area contributed by atoms with Crippen molar-refractivity contribution >= 4 is 0 Å². The molecule has 0 amide bonds. The van der Waals surface area contributed by atoms with Gasteiger partial charge in [-0.15, -0.1) is 0 Å². The molecule has 0 spiro atoms. The van der Waals surface area contributed by atoms with Gasteiger partial charge in [0.15, 0.2) is 0 Å². The van der Waals surface area contributed by atoms with Crippen LogP contribution in [0.15, 0.2) is 35.9 Å². The van der Waals surface area contributed by atoms with E-state index in [1.165, 1.54) is 24.0 Å². The first-order chi connectivity index (χ1) is 10.5. The van der Waals surface area contributed by atoms with Gasteiger partial charge in [-0.2, -0.15) is 29.3 Å². The molecule has 0 radical (unpaired) electrons. The average Bonchev–Trinajstić information content (AvgIpc) is 2.47. The van der Waals surface area contributed by atoms with Crippen molar-refractivity contribution in [2.45, 2.75) is 65.2 Å². The van der Waals surface area contributed by atoms with Gasteiger partial charge in [-0.25, -0.2) is 5.75 Å². The molecule has 1 aromatic carbocycles. The molecule has 1 aliphatic rings. The van der Waals surface area contributed by atoms with Gasteiger partial charge in [0.05, 0.1) is 0 Å². The van der Waals surface area contributed by atoms with Crippen LogP contribution in [-0.4, -0.2) is 0 Å². The topological polar surface area (TPSA) is 56.1 Å². The van der Waals surface area contributed by atoms with Crippen LogP contribution in [0.2, 0.25) is 0 Å². The Morgan fingerprint density at radius 3 is 2.67 bits per heavy atom. The fraction of sp³-hybridized carbons (Fsp3) is 0.524. The predicted molar refractivity (Wildman–Crippen MR) is 96.9 cm³/mol. The maximum absolute atomic E-state index is 12.6. The molecular formula is C21H31KO2. The Labute approximate surface area is 190 Å². The molecule has 0 aromatic heterocycles. The molecule has 0 saturated carbocycles. The summed E-state index contributed by atoms with van der Waals surface area (Å²) in [5, 5.41) is 12.6. The van der Waals surface area contributed by atoms with Crippen LogP contribution < -0.4 is 56.5 Å². The zero-order valence-corrected chi connectivity index (χ0v) is 18.9. The molecule has 3 heteroatoms. The third-order valence-electron chi connectivity index (χ3n) is 4.78. The van der Waals surface area contributed by atoms with Gasteiger partial charge < -0.3 is 10.6 Å². The van der Waals surface area contributed by atoms with Crippen molar-refractivity contribution in [1.29, 1.82) is 0 Å². The predicted octanol–water partition coefficient (Wildman–Crippen LogP) is 1.39. The standard InChI is InChI=1S/C21H29O.K.H2O/c1-5-6-7-8-17-10-12-19(21(22)14-17)20-13-16(4)9-11-18(20)15(2)3;;/h10,13-14,18,20,22H,2,5-9,11H2,1,3-4H3;;1H2/q-1;+1;/t18-,20+;;/m0../s1. The van der Waals surface area contributed by atoms with E-state index in [2.05, 4.69) is 39.5 Å². The fourth-order valence-electron chi connectivity index (χ4n) is 3.42. The Bertz CT molecular complexity index is 563. The summed E-state index contributed by atoms with van der Waals surface area (Å²) in [5.41, 5.74) is 4.51. The van der Waals surface area contributed by atoms with Gasteiger partial charge in [-0.05, 0) is 38.5 Å². The molecule has 2 rings (SSSR count). The first-order valence-electron chi connectivity index (χ1n) is 8.57. The van der Waals surface area contributed by atoms with E-state index in [1.807, 2.05) is 12.1 Å². The Balaban J connectivity index is 0.00000264. The minimum absolute atomic E-state index is 0. The second-order valence-corrected chi connectivity index (χ2v) is 6.77. The number of unbranched alkanes of at least 4 members (excludes halogenated alkanes) is 2. The SMILES string of the molecule is C=C(C)[C@@H]1CCC(C)=C[C@H]1c1[c-]cc(CCCCC)cc1[O-].[K+].[OH3+]. The molecule has 0 unspecified atom stereocenters. The summed E-state index contributed by atoms with van der Waals surface area (Å²) in [7, 11) is 0. The maximum atomic E-state index is 12.6. The second kappa shape index (κ2) is 11.7. The van der Waals surface area contributed by atoms with Crippen molar-refractivity contribution in [3.63, 3.8) is 0 Å². The third kappa shape index (κ3) is 6.43. The molecule has 2 atom stereocenters. The van der Waals surface area contributed by atoms with E-state index < -0.39 is 0 Å². The average molecular weight is 355 g/mol. The van der Waals surface area contributed by atoms with E-state index in [1.54, 1.807) is 0 Å². The van der Waals surface area contributed by atoms with Crippen molar-refractivity contribution in [3.8, 4) is 5.75 Å². The van der Waals surface area contributed by atoms with Crippen LogP contribution in [0, 0.1) is 12.0 Å². The summed E-state index contributed by atoms with van der Waals surface area (Å²) in [6.45, 7) is 10.6. The van der Waals surface area contributed by atoms with Gasteiger partial charge in [0.25, 0.3) is 0 Å². The van der Waals surface area contributed by atoms with Crippen LogP contribution in [-0.2, 0) is 11.9 Å². The van der Waals surface area contributed by atoms with E-state index in [0.717, 1.165) is 36.8 Å². The molecular weight excluding hydrogens is 323 g/mol. The van der Waals surface area contributed by atoms with Gasteiger partial charge >= 0.3 is 51.4 Å². The summed E-state index contributed by atoms with van der Waals surface area (Å²) in [5.74, 6) is 0.679. The number of aryl methyl sites for hydroxylation is 1. The second-order valence-electron chi connectivity index (χ2n) is 6.77. The Morgan fingerprint density at radius 2 is 2.08 bits per heavy atom. The smallest absolute Gasteiger partial charge is 0.928 e. The molecule has 128 valence electrons. The van der Waals surface area contributed by atoms with Crippen molar-refractivity contribution in [1.82, 2.24) is 0 Å². The minimum atomic E-state index is 0. The number of hydrogen-bond donors (Lipinski definition) is 0. The number of allylic oxidation sites excluding steroid dienone is 3. The Hall–Kier alpha value is 0.0964. The Morgan fingerprint density at radius 1 is 1.38 bits per heavy atom. The van der Waals surface area contributed by atoms with Gasteiger partial charge in [0.2, 0.25) is 0 Å². The van der Waals surface area contributed by atoms with Crippen LogP contribution in [0.1, 0.15) is 69.9 Å². The van der Waals surface area contributed by atoms with E-state index in [0.29, 0.717) is 5.92 Å². The van der Waals surface area contributed by atoms with Crippen LogP contribution in [0.5, 0.6) is 5.75 Å². The summed E-state index contributed by atoms with van der Waals surface area (Å²) in [4.78, 5) is 0. The van der Waals surface area contributed by atoms with Gasteiger partial charge in [0.1, 0.15) is 0 Å². The van der Waals surface area contributed by atoms with Crippen LogP contribution in [0.3, 0.4) is 0 Å². The molecule has 1 aromatic rings. The van der Waals surface area contributed by atoms with Crippen molar-refractivity contribution in [2.24, 2.45) is 5.92 Å². The minimum Gasteiger partial charge on any atom is -0.928 e. The normalized spacial score (nSPS) is 19.7. The Kier molecular flexibility index (Phi) is 11.7. The van der Waals surface area contributed by atoms with Crippen molar-refractivity contribution in [3.05, 3.63) is 53.1 Å². The monoisotopic (exact) mass is 354 g/mol. The number of benzene rings is 1. The summed E-state index contributed by atoms with van der Waals surface area (Å²) >= 11 is 0. The van der Waals surface area contributed by atoms with E-state index >= 15 is 0 Å². The van der Waals surface area contributed by atoms with E-state index in [9.17, 15) is 5.11 Å². The molecule has 24 heavy (non-hydrogen) atoms. The molecule has 0 heterocycles. The number of hydrogen-bond acceptors (Lipinski definition) is 1. The number of rotatable bonds is 6. The van der Waals surface area contributed by atoms with E-state index in [-0.39, 0.29) is 68.5 Å². The first kappa shape index (κ1) is 24.1. The summed E-state index contributed by atoms with van der Waals surface area (Å²) in [6, 6.07) is 7.16. The van der Waals surface area contributed by atoms with Crippen molar-refractivity contribution in [2.75, 3.05) is 0 Å².